The fourth-order valence-corrected chi connectivity index (χ4v) is 4.15. The third-order valence-corrected chi connectivity index (χ3v) is 6.20. The predicted octanol–water partition coefficient (Wildman–Crippen LogP) is 5.65. The van der Waals surface area contributed by atoms with E-state index in [0.717, 1.165) is 16.8 Å². The number of amides is 2. The Morgan fingerprint density at radius 2 is 1.69 bits per heavy atom. The number of nitrogens with one attached hydrogen (secondary N) is 1. The van der Waals surface area contributed by atoms with E-state index in [1.807, 2.05) is 18.2 Å². The molecule has 3 heterocycles. The maximum atomic E-state index is 13.0. The molecule has 0 saturated carbocycles. The normalized spacial score (nSPS) is 11.1. The van der Waals surface area contributed by atoms with Crippen LogP contribution in [0.4, 0.5) is 16.3 Å². The lowest BCUT2D eigenvalue weighted by Gasteiger charge is -2.19. The lowest BCUT2D eigenvalue weighted by Crippen LogP contribution is -2.27. The van der Waals surface area contributed by atoms with Gasteiger partial charge in [0, 0.05) is 67.2 Å². The Bertz CT molecular complexity index is 1610. The molecule has 10 nitrogen and oxygen atoms in total. The van der Waals surface area contributed by atoms with Gasteiger partial charge < -0.3 is 15.4 Å². The number of carbonyl (C=O) groups excluding carboxylic acids is 3. The minimum absolute atomic E-state index is 0.0752. The third kappa shape index (κ3) is 7.75. The zero-order valence-corrected chi connectivity index (χ0v) is 24.3. The van der Waals surface area contributed by atoms with E-state index in [-0.39, 0.29) is 18.1 Å². The van der Waals surface area contributed by atoms with Crippen LogP contribution in [0.2, 0.25) is 0 Å². The molecule has 0 fully saturated rings. The molecule has 0 spiro atoms. The lowest BCUT2D eigenvalue weighted by atomic mass is 10.0. The topological polar surface area (TPSA) is 140 Å². The Morgan fingerprint density at radius 3 is 2.38 bits per heavy atom. The van der Waals surface area contributed by atoms with Crippen molar-refractivity contribution < 1.29 is 19.1 Å². The Labute approximate surface area is 245 Å². The minimum Gasteiger partial charge on any atom is -0.444 e. The van der Waals surface area contributed by atoms with Crippen molar-refractivity contribution in [3.8, 4) is 22.4 Å². The molecular weight excluding hydrogens is 532 g/mol. The third-order valence-electron chi connectivity index (χ3n) is 6.20. The van der Waals surface area contributed by atoms with E-state index in [9.17, 15) is 14.4 Å². The van der Waals surface area contributed by atoms with Crippen molar-refractivity contribution in [2.75, 3.05) is 25.1 Å². The maximum Gasteiger partial charge on any atom is 0.412 e. The minimum atomic E-state index is -0.626. The quantitative estimate of drug-likeness (QED) is 0.261. The fourth-order valence-electron chi connectivity index (χ4n) is 4.15. The number of Topliss-reactive ketones (excluding diaryl/α,β-unsaturated/α-hetero) is 1. The number of carbonyl (C=O) groups is 3. The summed E-state index contributed by atoms with van der Waals surface area (Å²) in [6.45, 7) is 5.35. The fraction of sp³-hybridized carbons (Fsp3) is 0.250. The van der Waals surface area contributed by atoms with Gasteiger partial charge in [0.25, 0.3) is 5.91 Å². The summed E-state index contributed by atoms with van der Waals surface area (Å²) in [6.07, 6.45) is 4.97. The summed E-state index contributed by atoms with van der Waals surface area (Å²) in [6, 6.07) is 15.9. The van der Waals surface area contributed by atoms with Gasteiger partial charge in [0.1, 0.15) is 11.4 Å². The summed E-state index contributed by atoms with van der Waals surface area (Å²) in [7, 11) is 3.37. The van der Waals surface area contributed by atoms with Gasteiger partial charge in [-0.25, -0.2) is 9.78 Å². The highest BCUT2D eigenvalue weighted by molar-refractivity contribution is 5.98. The van der Waals surface area contributed by atoms with Crippen molar-refractivity contribution in [2.45, 2.75) is 39.2 Å². The Balaban J connectivity index is 1.45. The summed E-state index contributed by atoms with van der Waals surface area (Å²) < 4.78 is 5.28. The van der Waals surface area contributed by atoms with Crippen LogP contribution in [0.25, 0.3) is 22.4 Å². The zero-order chi connectivity index (χ0) is 30.4. The van der Waals surface area contributed by atoms with Crippen molar-refractivity contribution in [1.29, 1.82) is 0 Å². The number of nitrogen functional groups attached to an aromatic ring is 1. The molecule has 4 rings (SSSR count). The first-order chi connectivity index (χ1) is 19.9. The molecule has 0 unspecified atom stereocenters. The van der Waals surface area contributed by atoms with Crippen LogP contribution in [0.5, 0.6) is 0 Å². The SMILES string of the molecule is CN(C)C(=O)c1ccc(-c2cc(-c3ccnc(CCC(=O)c4cccc(NC(=O)OC(C)(C)C)c4)c3)cnc2N)nc1. The largest absolute Gasteiger partial charge is 0.444 e. The monoisotopic (exact) mass is 566 g/mol. The molecule has 2 amide bonds. The van der Waals surface area contributed by atoms with Crippen LogP contribution in [-0.2, 0) is 11.2 Å². The molecule has 0 atom stereocenters. The molecule has 3 aromatic heterocycles. The van der Waals surface area contributed by atoms with Crippen molar-refractivity contribution in [2.24, 2.45) is 0 Å². The second-order valence-corrected chi connectivity index (χ2v) is 11.0. The smallest absolute Gasteiger partial charge is 0.412 e. The van der Waals surface area contributed by atoms with Gasteiger partial charge in [-0.3, -0.25) is 24.9 Å². The molecular formula is C32H34N6O4. The van der Waals surface area contributed by atoms with Crippen molar-refractivity contribution in [3.05, 3.63) is 90.0 Å². The predicted molar refractivity (Wildman–Crippen MR) is 162 cm³/mol. The first-order valence-corrected chi connectivity index (χ1v) is 13.4. The summed E-state index contributed by atoms with van der Waals surface area (Å²) >= 11 is 0. The van der Waals surface area contributed by atoms with E-state index in [0.29, 0.717) is 40.3 Å². The number of aryl methyl sites for hydroxylation is 1. The van der Waals surface area contributed by atoms with Gasteiger partial charge in [-0.1, -0.05) is 12.1 Å². The van der Waals surface area contributed by atoms with E-state index < -0.39 is 11.7 Å². The van der Waals surface area contributed by atoms with Crippen LogP contribution in [0.1, 0.15) is 53.6 Å². The number of hydrogen-bond acceptors (Lipinski definition) is 8. The molecule has 0 aliphatic carbocycles. The number of ketones is 1. The van der Waals surface area contributed by atoms with Crippen LogP contribution in [0, 0.1) is 0 Å². The molecule has 0 bridgehead atoms. The van der Waals surface area contributed by atoms with Crippen LogP contribution in [0.3, 0.4) is 0 Å². The van der Waals surface area contributed by atoms with E-state index in [1.54, 1.807) is 83.7 Å². The number of aromatic nitrogens is 3. The van der Waals surface area contributed by atoms with Crippen molar-refractivity contribution >= 4 is 29.3 Å². The Morgan fingerprint density at radius 1 is 0.905 bits per heavy atom. The Hall–Kier alpha value is -5.12. The highest BCUT2D eigenvalue weighted by Crippen LogP contribution is 2.29. The van der Waals surface area contributed by atoms with Gasteiger partial charge in [0.15, 0.2) is 5.78 Å². The number of ether oxygens (including phenoxy) is 1. The molecule has 216 valence electrons. The number of pyridine rings is 3. The second-order valence-electron chi connectivity index (χ2n) is 11.0. The standard InChI is InChI=1S/C32H34N6O4/c1-32(2,3)42-31(41)37-25-8-6-7-21(16-25)28(39)12-10-24-15-20(13-14-34-24)23-17-26(29(33)36-19-23)27-11-9-22(18-35-27)30(40)38(4)5/h6-9,11,13-19H,10,12H2,1-5H3,(H2,33,36)(H,37,41). The molecule has 0 aliphatic rings. The second kappa shape index (κ2) is 12.6. The zero-order valence-electron chi connectivity index (χ0n) is 24.3. The number of rotatable bonds is 8. The number of hydrogen-bond donors (Lipinski definition) is 2. The molecule has 0 radical (unpaired) electrons. The number of nitrogens with two attached hydrogens (primary N) is 1. The van der Waals surface area contributed by atoms with Crippen molar-refractivity contribution in [1.82, 2.24) is 19.9 Å². The highest BCUT2D eigenvalue weighted by atomic mass is 16.6. The van der Waals surface area contributed by atoms with E-state index in [1.165, 1.54) is 11.1 Å². The number of anilines is 2. The van der Waals surface area contributed by atoms with Gasteiger partial charge in [-0.15, -0.1) is 0 Å². The summed E-state index contributed by atoms with van der Waals surface area (Å²) in [4.78, 5) is 52.0. The molecule has 0 saturated heterocycles. The summed E-state index contributed by atoms with van der Waals surface area (Å²) in [5, 5.41) is 2.66. The van der Waals surface area contributed by atoms with Crippen LogP contribution in [0.15, 0.2) is 73.2 Å². The molecule has 42 heavy (non-hydrogen) atoms. The maximum absolute atomic E-state index is 13.0. The first kappa shape index (κ1) is 29.9. The molecule has 0 aliphatic heterocycles. The van der Waals surface area contributed by atoms with E-state index in [4.69, 9.17) is 10.5 Å². The van der Waals surface area contributed by atoms with Crippen LogP contribution < -0.4 is 11.1 Å². The van der Waals surface area contributed by atoms with E-state index in [2.05, 4.69) is 20.3 Å². The van der Waals surface area contributed by atoms with Gasteiger partial charge in [-0.05, 0) is 75.2 Å². The Kier molecular flexibility index (Phi) is 8.95. The number of benzene rings is 1. The molecule has 1 aromatic carbocycles. The first-order valence-electron chi connectivity index (χ1n) is 13.4. The molecule has 10 heteroatoms. The molecule has 3 N–H and O–H groups in total. The average molecular weight is 567 g/mol. The van der Waals surface area contributed by atoms with Gasteiger partial charge in [-0.2, -0.15) is 0 Å². The van der Waals surface area contributed by atoms with Crippen LogP contribution in [-0.4, -0.2) is 57.3 Å². The van der Waals surface area contributed by atoms with Gasteiger partial charge in [0.05, 0.1) is 11.3 Å². The summed E-state index contributed by atoms with van der Waals surface area (Å²) in [5.41, 5.74) is 10.6. The lowest BCUT2D eigenvalue weighted by molar-refractivity contribution is 0.0635. The summed E-state index contributed by atoms with van der Waals surface area (Å²) in [5.74, 6) is 0.108. The molecule has 4 aromatic rings. The van der Waals surface area contributed by atoms with Crippen molar-refractivity contribution in [3.63, 3.8) is 0 Å². The average Bonchev–Trinajstić information content (AvgIpc) is 2.95. The number of nitrogens with zero attached hydrogens (tertiary/aromatic N) is 4. The van der Waals surface area contributed by atoms with Gasteiger partial charge in [0.2, 0.25) is 0 Å². The van der Waals surface area contributed by atoms with Gasteiger partial charge >= 0.3 is 6.09 Å². The van der Waals surface area contributed by atoms with E-state index >= 15 is 0 Å². The van der Waals surface area contributed by atoms with Crippen LogP contribution >= 0.6 is 0 Å². The highest BCUT2D eigenvalue weighted by Gasteiger charge is 2.17.